The molecule has 0 spiro atoms. The van der Waals surface area contributed by atoms with E-state index in [1.54, 1.807) is 48.5 Å². The van der Waals surface area contributed by atoms with Gasteiger partial charge >= 0.3 is 5.97 Å². The van der Waals surface area contributed by atoms with E-state index in [0.29, 0.717) is 30.0 Å². The van der Waals surface area contributed by atoms with Crippen LogP contribution in [-0.2, 0) is 16.1 Å². The van der Waals surface area contributed by atoms with Gasteiger partial charge in [0.25, 0.3) is 0 Å². The zero-order chi connectivity index (χ0) is 22.8. The van der Waals surface area contributed by atoms with Crippen molar-refractivity contribution < 1.29 is 23.9 Å². The van der Waals surface area contributed by atoms with Crippen LogP contribution in [-0.4, -0.2) is 24.3 Å². The molecule has 3 aromatic carbocycles. The van der Waals surface area contributed by atoms with Crippen LogP contribution in [0.25, 0.3) is 0 Å². The third kappa shape index (κ3) is 6.54. The highest BCUT2D eigenvalue weighted by atomic mass is 16.5. The molecule has 6 heteroatoms. The summed E-state index contributed by atoms with van der Waals surface area (Å²) in [5, 5.41) is 2.76. The predicted octanol–water partition coefficient (Wildman–Crippen LogP) is 5.04. The molecule has 0 heterocycles. The van der Waals surface area contributed by atoms with Gasteiger partial charge < -0.3 is 14.8 Å². The number of Topliss-reactive ketones (excluding diaryl/α,β-unsaturated/α-hetero) is 1. The van der Waals surface area contributed by atoms with Crippen molar-refractivity contribution in [2.24, 2.45) is 0 Å². The molecule has 3 rings (SSSR count). The van der Waals surface area contributed by atoms with Crippen LogP contribution < -0.4 is 10.1 Å². The van der Waals surface area contributed by atoms with E-state index in [1.807, 2.05) is 37.3 Å². The van der Waals surface area contributed by atoms with Gasteiger partial charge in [-0.1, -0.05) is 49.4 Å². The van der Waals surface area contributed by atoms with Gasteiger partial charge in [-0.25, -0.2) is 4.79 Å². The average Bonchev–Trinajstić information content (AvgIpc) is 2.82. The minimum Gasteiger partial charge on any atom is -0.488 e. The standard InChI is InChI=1S/C26H25NO5/c1-2-8-25(29)27-21-15-13-20(14-16-21)23(28)18-32-26(30)22-11-6-7-12-24(22)31-17-19-9-4-3-5-10-19/h3-7,9-16H,2,8,17-18H2,1H3,(H,27,29). The number of ketones is 1. The van der Waals surface area contributed by atoms with Gasteiger partial charge in [-0.3, -0.25) is 9.59 Å². The zero-order valence-electron chi connectivity index (χ0n) is 17.9. The second-order valence-corrected chi connectivity index (χ2v) is 7.15. The fraction of sp³-hybridized carbons (Fsp3) is 0.192. The van der Waals surface area contributed by atoms with Crippen LogP contribution in [0, 0.1) is 0 Å². The van der Waals surface area contributed by atoms with Gasteiger partial charge in [0.05, 0.1) is 0 Å². The minimum atomic E-state index is -0.634. The predicted molar refractivity (Wildman–Crippen MR) is 122 cm³/mol. The van der Waals surface area contributed by atoms with Crippen molar-refractivity contribution in [3.63, 3.8) is 0 Å². The first-order chi connectivity index (χ1) is 15.6. The lowest BCUT2D eigenvalue weighted by molar-refractivity contribution is -0.116. The molecule has 0 bridgehead atoms. The molecule has 0 aliphatic heterocycles. The summed E-state index contributed by atoms with van der Waals surface area (Å²) < 4.78 is 11.0. The Morgan fingerprint density at radius 1 is 0.844 bits per heavy atom. The first kappa shape index (κ1) is 22.7. The van der Waals surface area contributed by atoms with Crippen molar-refractivity contribution in [1.29, 1.82) is 0 Å². The van der Waals surface area contributed by atoms with E-state index >= 15 is 0 Å². The van der Waals surface area contributed by atoms with Gasteiger partial charge in [-0.2, -0.15) is 0 Å². The van der Waals surface area contributed by atoms with Crippen LogP contribution in [0.5, 0.6) is 5.75 Å². The number of benzene rings is 3. The Kier molecular flexibility index (Phi) is 8.15. The maximum absolute atomic E-state index is 12.5. The van der Waals surface area contributed by atoms with Gasteiger partial charge in [-0.05, 0) is 48.4 Å². The van der Waals surface area contributed by atoms with E-state index in [9.17, 15) is 14.4 Å². The summed E-state index contributed by atoms with van der Waals surface area (Å²) in [6, 6.07) is 22.8. The van der Waals surface area contributed by atoms with Crippen molar-refractivity contribution >= 4 is 23.3 Å². The van der Waals surface area contributed by atoms with Crippen molar-refractivity contribution in [2.75, 3.05) is 11.9 Å². The number of esters is 1. The summed E-state index contributed by atoms with van der Waals surface area (Å²) in [4.78, 5) is 36.6. The van der Waals surface area contributed by atoms with E-state index < -0.39 is 12.6 Å². The lowest BCUT2D eigenvalue weighted by atomic mass is 10.1. The largest absolute Gasteiger partial charge is 0.488 e. The van der Waals surface area contributed by atoms with Crippen molar-refractivity contribution in [3.05, 3.63) is 95.6 Å². The second kappa shape index (κ2) is 11.5. The lowest BCUT2D eigenvalue weighted by Crippen LogP contribution is -2.15. The summed E-state index contributed by atoms with van der Waals surface area (Å²) in [7, 11) is 0. The summed E-state index contributed by atoms with van der Waals surface area (Å²) in [6.45, 7) is 1.84. The Bertz CT molecular complexity index is 1060. The van der Waals surface area contributed by atoms with Crippen molar-refractivity contribution in [2.45, 2.75) is 26.4 Å². The Labute approximate surface area is 187 Å². The van der Waals surface area contributed by atoms with E-state index in [1.165, 1.54) is 0 Å². The summed E-state index contributed by atoms with van der Waals surface area (Å²) in [5.41, 5.74) is 2.23. The molecule has 3 aromatic rings. The number of hydrogen-bond donors (Lipinski definition) is 1. The van der Waals surface area contributed by atoms with E-state index in [-0.39, 0.29) is 17.3 Å². The quantitative estimate of drug-likeness (QED) is 0.359. The highest BCUT2D eigenvalue weighted by molar-refractivity contribution is 6.00. The van der Waals surface area contributed by atoms with E-state index in [0.717, 1.165) is 12.0 Å². The van der Waals surface area contributed by atoms with Crippen LogP contribution >= 0.6 is 0 Å². The van der Waals surface area contributed by atoms with Crippen LogP contribution in [0.4, 0.5) is 5.69 Å². The molecule has 1 amide bonds. The molecule has 164 valence electrons. The molecule has 1 N–H and O–H groups in total. The number of nitrogens with one attached hydrogen (secondary N) is 1. The number of anilines is 1. The maximum atomic E-state index is 12.5. The van der Waals surface area contributed by atoms with Crippen LogP contribution in [0.1, 0.15) is 46.0 Å². The van der Waals surface area contributed by atoms with Crippen LogP contribution in [0.3, 0.4) is 0 Å². The van der Waals surface area contributed by atoms with Crippen LogP contribution in [0.15, 0.2) is 78.9 Å². The summed E-state index contributed by atoms with van der Waals surface area (Å²) >= 11 is 0. The molecule has 0 atom stereocenters. The van der Waals surface area contributed by atoms with Crippen LogP contribution in [0.2, 0.25) is 0 Å². The Morgan fingerprint density at radius 2 is 1.53 bits per heavy atom. The average molecular weight is 431 g/mol. The Balaban J connectivity index is 1.56. The third-order valence-electron chi connectivity index (χ3n) is 4.65. The summed E-state index contributed by atoms with van der Waals surface area (Å²) in [5.74, 6) is -0.660. The molecular formula is C26H25NO5. The molecule has 0 radical (unpaired) electrons. The van der Waals surface area contributed by atoms with E-state index in [4.69, 9.17) is 9.47 Å². The van der Waals surface area contributed by atoms with Gasteiger partial charge in [0, 0.05) is 17.7 Å². The molecule has 0 unspecified atom stereocenters. The first-order valence-corrected chi connectivity index (χ1v) is 10.4. The number of hydrogen-bond acceptors (Lipinski definition) is 5. The molecule has 0 fully saturated rings. The van der Waals surface area contributed by atoms with Crippen molar-refractivity contribution in [1.82, 2.24) is 0 Å². The highest BCUT2D eigenvalue weighted by Crippen LogP contribution is 2.21. The molecule has 0 aliphatic carbocycles. The Hall–Kier alpha value is -3.93. The molecule has 0 saturated heterocycles. The summed E-state index contributed by atoms with van der Waals surface area (Å²) in [6.07, 6.45) is 1.20. The lowest BCUT2D eigenvalue weighted by Gasteiger charge is -2.11. The third-order valence-corrected chi connectivity index (χ3v) is 4.65. The fourth-order valence-corrected chi connectivity index (χ4v) is 2.98. The highest BCUT2D eigenvalue weighted by Gasteiger charge is 2.16. The Morgan fingerprint density at radius 3 is 2.25 bits per heavy atom. The van der Waals surface area contributed by atoms with Crippen molar-refractivity contribution in [3.8, 4) is 5.75 Å². The number of ether oxygens (including phenoxy) is 2. The smallest absolute Gasteiger partial charge is 0.342 e. The minimum absolute atomic E-state index is 0.0753. The van der Waals surface area contributed by atoms with Gasteiger partial charge in [0.15, 0.2) is 12.4 Å². The fourth-order valence-electron chi connectivity index (χ4n) is 2.98. The maximum Gasteiger partial charge on any atom is 0.342 e. The van der Waals surface area contributed by atoms with E-state index in [2.05, 4.69) is 5.32 Å². The monoisotopic (exact) mass is 431 g/mol. The second-order valence-electron chi connectivity index (χ2n) is 7.15. The number of rotatable bonds is 10. The first-order valence-electron chi connectivity index (χ1n) is 10.4. The number of carbonyl (C=O) groups is 3. The topological polar surface area (TPSA) is 81.7 Å². The SMILES string of the molecule is CCCC(=O)Nc1ccc(C(=O)COC(=O)c2ccccc2OCc2ccccc2)cc1. The zero-order valence-corrected chi connectivity index (χ0v) is 17.9. The molecule has 6 nitrogen and oxygen atoms in total. The van der Waals surface area contributed by atoms with Gasteiger partial charge in [0.2, 0.25) is 5.91 Å². The molecule has 32 heavy (non-hydrogen) atoms. The number of carbonyl (C=O) groups excluding carboxylic acids is 3. The normalized spacial score (nSPS) is 10.3. The number of amides is 1. The number of para-hydroxylation sites is 1. The molecule has 0 aromatic heterocycles. The van der Waals surface area contributed by atoms with Gasteiger partial charge in [0.1, 0.15) is 17.9 Å². The molecular weight excluding hydrogens is 406 g/mol. The molecule has 0 saturated carbocycles. The van der Waals surface area contributed by atoms with Gasteiger partial charge in [-0.15, -0.1) is 0 Å². The molecule has 0 aliphatic rings.